The molecule has 1 aromatic carbocycles. The number of aromatic nitrogens is 2. The minimum Gasteiger partial charge on any atom is -0.394 e. The minimum atomic E-state index is -0.945. The topological polar surface area (TPSA) is 72.9 Å². The van der Waals surface area contributed by atoms with Crippen LogP contribution in [0.4, 0.5) is 14.5 Å². The molecule has 0 fully saturated rings. The maximum absolute atomic E-state index is 13.2. The fraction of sp³-hybridized carbons (Fsp3) is 0.167. The Hall–Kier alpha value is -2.44. The van der Waals surface area contributed by atoms with Gasteiger partial charge in [0.05, 0.1) is 6.33 Å². The molecular weight excluding hydrogens is 254 g/mol. The lowest BCUT2D eigenvalue weighted by Gasteiger charge is -2.07. The lowest BCUT2D eigenvalue weighted by Crippen LogP contribution is -2.27. The van der Waals surface area contributed by atoms with Crippen molar-refractivity contribution in [1.82, 2.24) is 14.9 Å². The van der Waals surface area contributed by atoms with E-state index in [1.54, 1.807) is 23.3 Å². The highest BCUT2D eigenvalue weighted by molar-refractivity contribution is 5.94. The van der Waals surface area contributed by atoms with Crippen molar-refractivity contribution in [2.75, 3.05) is 12.3 Å². The zero-order valence-corrected chi connectivity index (χ0v) is 9.94. The largest absolute Gasteiger partial charge is 0.394 e. The van der Waals surface area contributed by atoms with Crippen molar-refractivity contribution in [2.45, 2.75) is 6.54 Å². The highest BCUT2D eigenvalue weighted by Crippen LogP contribution is 2.17. The molecule has 0 atom stereocenters. The molecule has 0 saturated heterocycles. The summed E-state index contributed by atoms with van der Waals surface area (Å²) in [6.07, 6.45) is 4.97. The Labute approximate surface area is 108 Å². The van der Waals surface area contributed by atoms with Crippen LogP contribution in [0, 0.1) is 11.6 Å². The van der Waals surface area contributed by atoms with Gasteiger partial charge in [0.1, 0.15) is 17.3 Å². The third-order valence-electron chi connectivity index (χ3n) is 2.56. The van der Waals surface area contributed by atoms with Gasteiger partial charge in [0.2, 0.25) is 0 Å². The van der Waals surface area contributed by atoms with Crippen molar-refractivity contribution >= 4 is 11.6 Å². The van der Waals surface area contributed by atoms with Gasteiger partial charge in [0.25, 0.3) is 5.91 Å². The van der Waals surface area contributed by atoms with Gasteiger partial charge in [0, 0.05) is 31.0 Å². The van der Waals surface area contributed by atoms with Crippen LogP contribution in [0.1, 0.15) is 10.4 Å². The van der Waals surface area contributed by atoms with Crippen LogP contribution in [-0.2, 0) is 6.54 Å². The number of nitrogen functional groups attached to an aromatic ring is 1. The molecular formula is C12H12F2N4O. The molecule has 19 heavy (non-hydrogen) atoms. The molecule has 0 saturated carbocycles. The zero-order valence-electron chi connectivity index (χ0n) is 9.94. The Morgan fingerprint density at radius 2 is 2.05 bits per heavy atom. The van der Waals surface area contributed by atoms with Gasteiger partial charge in [-0.25, -0.2) is 13.8 Å². The van der Waals surface area contributed by atoms with E-state index in [9.17, 15) is 13.6 Å². The molecule has 0 unspecified atom stereocenters. The van der Waals surface area contributed by atoms with Crippen molar-refractivity contribution in [1.29, 1.82) is 0 Å². The maximum Gasteiger partial charge on any atom is 0.251 e. The molecule has 2 aromatic rings. The number of benzene rings is 1. The van der Waals surface area contributed by atoms with E-state index in [4.69, 9.17) is 5.73 Å². The van der Waals surface area contributed by atoms with Gasteiger partial charge in [-0.2, -0.15) is 0 Å². The second kappa shape index (κ2) is 5.47. The Bertz CT molecular complexity index is 560. The molecule has 1 aromatic heterocycles. The van der Waals surface area contributed by atoms with Gasteiger partial charge >= 0.3 is 0 Å². The standard InChI is InChI=1S/C12H12F2N4O/c13-9-5-8(6-10(14)11(9)15)12(19)17-2-4-18-3-1-16-7-18/h1,3,5-7H,2,4,15H2,(H,17,19). The first-order valence-corrected chi connectivity index (χ1v) is 5.56. The van der Waals surface area contributed by atoms with Crippen molar-refractivity contribution in [3.05, 3.63) is 48.1 Å². The molecule has 0 aliphatic carbocycles. The number of hydrogen-bond acceptors (Lipinski definition) is 3. The molecule has 1 heterocycles. The van der Waals surface area contributed by atoms with Gasteiger partial charge in [-0.3, -0.25) is 4.79 Å². The SMILES string of the molecule is Nc1c(F)cc(C(=O)NCCn2ccnc2)cc1F. The highest BCUT2D eigenvalue weighted by Gasteiger charge is 2.12. The van der Waals surface area contributed by atoms with E-state index in [1.807, 2.05) is 0 Å². The minimum absolute atomic E-state index is 0.102. The Balaban J connectivity index is 1.96. The van der Waals surface area contributed by atoms with Gasteiger partial charge in [-0.15, -0.1) is 0 Å². The molecule has 5 nitrogen and oxygen atoms in total. The number of imidazole rings is 1. The van der Waals surface area contributed by atoms with Gasteiger partial charge in [-0.1, -0.05) is 0 Å². The predicted octanol–water partition coefficient (Wildman–Crippen LogP) is 1.17. The van der Waals surface area contributed by atoms with Crippen LogP contribution >= 0.6 is 0 Å². The van der Waals surface area contributed by atoms with Crippen LogP contribution in [-0.4, -0.2) is 22.0 Å². The van der Waals surface area contributed by atoms with E-state index in [0.29, 0.717) is 13.1 Å². The molecule has 0 bridgehead atoms. The Morgan fingerprint density at radius 1 is 1.37 bits per heavy atom. The summed E-state index contributed by atoms with van der Waals surface area (Å²) in [5.74, 6) is -2.45. The number of anilines is 1. The second-order valence-corrected chi connectivity index (χ2v) is 3.91. The van der Waals surface area contributed by atoms with Crippen molar-refractivity contribution in [3.63, 3.8) is 0 Å². The quantitative estimate of drug-likeness (QED) is 0.816. The maximum atomic E-state index is 13.2. The van der Waals surface area contributed by atoms with E-state index >= 15 is 0 Å². The van der Waals surface area contributed by atoms with Crippen LogP contribution in [0.15, 0.2) is 30.9 Å². The lowest BCUT2D eigenvalue weighted by molar-refractivity contribution is 0.0951. The van der Waals surface area contributed by atoms with Crippen LogP contribution in [0.25, 0.3) is 0 Å². The summed E-state index contributed by atoms with van der Waals surface area (Å²) in [7, 11) is 0. The summed E-state index contributed by atoms with van der Waals surface area (Å²) in [4.78, 5) is 15.5. The number of halogens is 2. The van der Waals surface area contributed by atoms with Gasteiger partial charge in [0.15, 0.2) is 0 Å². The van der Waals surface area contributed by atoms with Crippen molar-refractivity contribution in [2.24, 2.45) is 0 Å². The fourth-order valence-corrected chi connectivity index (χ4v) is 1.53. The lowest BCUT2D eigenvalue weighted by atomic mass is 10.1. The number of nitrogens with two attached hydrogens (primary N) is 1. The average molecular weight is 266 g/mol. The average Bonchev–Trinajstić information content (AvgIpc) is 2.88. The zero-order chi connectivity index (χ0) is 13.8. The number of carbonyl (C=O) groups is 1. The summed E-state index contributed by atoms with van der Waals surface area (Å²) < 4.78 is 28.1. The first kappa shape index (κ1) is 13.0. The summed E-state index contributed by atoms with van der Waals surface area (Å²) in [5.41, 5.74) is 4.43. The first-order chi connectivity index (χ1) is 9.08. The van der Waals surface area contributed by atoms with Crippen LogP contribution in [0.5, 0.6) is 0 Å². The Kier molecular flexibility index (Phi) is 3.74. The Morgan fingerprint density at radius 3 is 2.63 bits per heavy atom. The van der Waals surface area contributed by atoms with Gasteiger partial charge in [-0.05, 0) is 12.1 Å². The molecule has 2 rings (SSSR count). The van der Waals surface area contributed by atoms with Crippen LogP contribution < -0.4 is 11.1 Å². The number of carbonyl (C=O) groups excluding carboxylic acids is 1. The molecule has 3 N–H and O–H groups in total. The number of hydrogen-bond donors (Lipinski definition) is 2. The summed E-state index contributed by atoms with van der Waals surface area (Å²) in [5, 5.41) is 2.55. The van der Waals surface area contributed by atoms with Crippen LogP contribution in [0.2, 0.25) is 0 Å². The van der Waals surface area contributed by atoms with Crippen molar-refractivity contribution < 1.29 is 13.6 Å². The molecule has 0 aliphatic rings. The molecule has 0 aliphatic heterocycles. The number of amides is 1. The monoisotopic (exact) mass is 266 g/mol. The van der Waals surface area contributed by atoms with E-state index < -0.39 is 23.2 Å². The third-order valence-corrected chi connectivity index (χ3v) is 2.56. The number of rotatable bonds is 4. The highest BCUT2D eigenvalue weighted by atomic mass is 19.1. The first-order valence-electron chi connectivity index (χ1n) is 5.56. The van der Waals surface area contributed by atoms with Crippen molar-refractivity contribution in [3.8, 4) is 0 Å². The van der Waals surface area contributed by atoms with E-state index in [-0.39, 0.29) is 5.56 Å². The summed E-state index contributed by atoms with van der Waals surface area (Å²) >= 11 is 0. The van der Waals surface area contributed by atoms with E-state index in [2.05, 4.69) is 10.3 Å². The molecule has 100 valence electrons. The summed E-state index contributed by atoms with van der Waals surface area (Å²) in [6, 6.07) is 1.82. The second-order valence-electron chi connectivity index (χ2n) is 3.91. The molecule has 0 spiro atoms. The van der Waals surface area contributed by atoms with Crippen LogP contribution in [0.3, 0.4) is 0 Å². The number of nitrogens with one attached hydrogen (secondary N) is 1. The number of nitrogens with zero attached hydrogens (tertiary/aromatic N) is 2. The smallest absolute Gasteiger partial charge is 0.251 e. The molecule has 1 amide bonds. The molecule has 7 heteroatoms. The van der Waals surface area contributed by atoms with E-state index in [0.717, 1.165) is 12.1 Å². The summed E-state index contributed by atoms with van der Waals surface area (Å²) in [6.45, 7) is 0.842. The normalized spacial score (nSPS) is 10.4. The third kappa shape index (κ3) is 3.06. The fourth-order valence-electron chi connectivity index (χ4n) is 1.53. The molecule has 0 radical (unpaired) electrons. The van der Waals surface area contributed by atoms with Gasteiger partial charge < -0.3 is 15.6 Å². The predicted molar refractivity (Wildman–Crippen MR) is 65.3 cm³/mol. The van der Waals surface area contributed by atoms with E-state index in [1.165, 1.54) is 0 Å².